The molecule has 20 heteroatoms. The number of halogens is 2. The topological polar surface area (TPSA) is 204 Å². The Morgan fingerprint density at radius 3 is 2.56 bits per heavy atom. The molecular formula is C53H62F2N10O7S+4. The number of ether oxygens (including phenoxy) is 2. The summed E-state index contributed by atoms with van der Waals surface area (Å²) in [5.41, 5.74) is 1.36. The smallest absolute Gasteiger partial charge is 0.497 e. The Morgan fingerprint density at radius 2 is 1.81 bits per heavy atom. The molecule has 3 saturated heterocycles. The number of hydrogen-bond donors (Lipinski definition) is 4. The van der Waals surface area contributed by atoms with E-state index in [0.717, 1.165) is 62.8 Å². The van der Waals surface area contributed by atoms with E-state index in [-0.39, 0.29) is 64.4 Å². The van der Waals surface area contributed by atoms with Crippen LogP contribution in [0.25, 0.3) is 22.1 Å². The second-order valence-electron chi connectivity index (χ2n) is 20.6. The third-order valence-electron chi connectivity index (χ3n) is 15.8. The minimum absolute atomic E-state index is 0. The van der Waals surface area contributed by atoms with Crippen LogP contribution >= 0.6 is 0 Å². The molecule has 4 N–H and O–H groups in total. The molecule has 1 saturated carbocycles. The Hall–Kier alpha value is -7.06. The molecule has 1 aliphatic carbocycles. The van der Waals surface area contributed by atoms with Crippen molar-refractivity contribution < 1.29 is 42.1 Å². The van der Waals surface area contributed by atoms with Gasteiger partial charge in [0.2, 0.25) is 0 Å². The highest BCUT2D eigenvalue weighted by Crippen LogP contribution is 2.54. The summed E-state index contributed by atoms with van der Waals surface area (Å²) in [4.78, 5) is 46.5. The van der Waals surface area contributed by atoms with Gasteiger partial charge in [-0.25, -0.2) is 31.9 Å². The number of anilines is 2. The standard InChI is InChI=1S/C53H58F2N10O7S/c1-33(2)38-6-3-4-7-39(38)42-8-5-17-64(42)36-28-52(29-36)12-18-63(19-13-52)43-26-45(72-37-24-34-9-16-56-50(34)57-30-37)40(25-41(43)54)51(66)61-73(69,70)46-27-44(65(67)68)47(49-48(46)59-32-60-49)58-31-53(55)14-20-62(21-15-53)35-10-22-71-23-11-35/h3-4,6-7,9-11,16,22,24-27,30,32-33,36,42,58H,5,8,12-15,17-21,23,28-29,31H2,1-2H3,(H,56,57)(H,59,60)(H,61,66)/p+4/t42-/m0/s1. The van der Waals surface area contributed by atoms with Gasteiger partial charge in [0, 0.05) is 87.1 Å². The molecule has 3 aromatic carbocycles. The fourth-order valence-electron chi connectivity index (χ4n) is 11.9. The van der Waals surface area contributed by atoms with Crippen molar-refractivity contribution in [1.29, 1.82) is 0 Å². The zero-order chi connectivity index (χ0) is 50.6. The molecule has 7 heterocycles. The van der Waals surface area contributed by atoms with E-state index in [0.29, 0.717) is 61.8 Å². The number of allylic oxidation sites excluding steroid dienone is 1. The number of imidazole rings is 1. The summed E-state index contributed by atoms with van der Waals surface area (Å²) in [6.45, 7) is 7.65. The number of benzene rings is 3. The van der Waals surface area contributed by atoms with Crippen molar-refractivity contribution in [3.8, 4) is 11.5 Å². The number of nitrogens with zero attached hydrogens (tertiary/aromatic N) is 6. The van der Waals surface area contributed by atoms with E-state index in [1.54, 1.807) is 24.6 Å². The third-order valence-corrected chi connectivity index (χ3v) is 17.2. The number of aromatic nitrogens is 4. The highest BCUT2D eigenvalue weighted by Gasteiger charge is 2.50. The number of rotatable bonds is 14. The van der Waals surface area contributed by atoms with Gasteiger partial charge < -0.3 is 34.6 Å². The number of pyridine rings is 1. The van der Waals surface area contributed by atoms with Crippen molar-refractivity contribution in [2.45, 2.75) is 93.8 Å². The van der Waals surface area contributed by atoms with Crippen LogP contribution in [0.5, 0.6) is 11.5 Å². The molecule has 382 valence electrons. The monoisotopic (exact) mass is 1020 g/mol. The lowest BCUT2D eigenvalue weighted by Gasteiger charge is -2.56. The Morgan fingerprint density at radius 1 is 1.03 bits per heavy atom. The molecule has 17 nitrogen and oxygen atoms in total. The van der Waals surface area contributed by atoms with Gasteiger partial charge in [-0.1, -0.05) is 38.1 Å². The second-order valence-corrected chi connectivity index (χ2v) is 22.2. The molecule has 73 heavy (non-hydrogen) atoms. The first kappa shape index (κ1) is 48.2. The van der Waals surface area contributed by atoms with Gasteiger partial charge in [-0.3, -0.25) is 19.8 Å². The zero-order valence-electron chi connectivity index (χ0n) is 44.7. The quantitative estimate of drug-likeness (QED) is 0.0593. The van der Waals surface area contributed by atoms with Crippen LogP contribution in [0.3, 0.4) is 0 Å². The average molecular weight is 1020 g/mol. The van der Waals surface area contributed by atoms with Gasteiger partial charge >= 0.3 is 5.71 Å². The molecule has 3 aromatic heterocycles. The van der Waals surface area contributed by atoms with Crippen molar-refractivity contribution in [3.63, 3.8) is 0 Å². The van der Waals surface area contributed by atoms with Gasteiger partial charge in [0.25, 0.3) is 21.6 Å². The minimum atomic E-state index is -4.96. The number of fused-ring (bicyclic) bond motifs is 2. The van der Waals surface area contributed by atoms with Crippen LogP contribution < -0.4 is 19.7 Å². The predicted molar refractivity (Wildman–Crippen MR) is 277 cm³/mol. The number of nitro benzene ring substituents is 1. The molecule has 0 bridgehead atoms. The Balaban J connectivity index is 0.00000215. The van der Waals surface area contributed by atoms with Crippen LogP contribution in [0.1, 0.15) is 104 Å². The van der Waals surface area contributed by atoms with Gasteiger partial charge in [-0.2, -0.15) is 0 Å². The summed E-state index contributed by atoms with van der Waals surface area (Å²) in [7, 11) is -4.96. The Bertz CT molecular complexity index is 3300. The third kappa shape index (κ3) is 9.34. The highest BCUT2D eigenvalue weighted by molar-refractivity contribution is 7.90. The van der Waals surface area contributed by atoms with Crippen LogP contribution in [-0.4, -0.2) is 107 Å². The second kappa shape index (κ2) is 19.1. The van der Waals surface area contributed by atoms with E-state index in [1.165, 1.54) is 29.8 Å². The fourth-order valence-corrected chi connectivity index (χ4v) is 13.0. The molecule has 1 amide bonds. The molecule has 6 aromatic rings. The highest BCUT2D eigenvalue weighted by atomic mass is 32.2. The summed E-state index contributed by atoms with van der Waals surface area (Å²) in [6.07, 6.45) is 16.1. The minimum Gasteiger partial charge on any atom is -0.497 e. The largest absolute Gasteiger partial charge is 1.00 e. The van der Waals surface area contributed by atoms with Gasteiger partial charge in [-0.15, -0.1) is 0 Å². The number of piperidine rings is 2. The van der Waals surface area contributed by atoms with Crippen molar-refractivity contribution in [3.05, 3.63) is 130 Å². The number of H-pyrrole nitrogens is 2. The SMILES string of the molecule is CC(C)c1ccccc1[C@@H]1CCCN1C1CC2(CCN(c3cc(Oc4cnc5[nH]ccc5c4)c(C(=O)NS(=O)(=O)c4cc([N+](=O)[O-])c(NCC5(F)CCN(C6=CCOC=C6)CC5)c5[nH]cnc45)cc3F)CC2)C1.[H+].[H+].[H+].[H+]. The molecule has 4 fully saturated rings. The molecular weight excluding hydrogens is 959 g/mol. The van der Waals surface area contributed by atoms with Gasteiger partial charge in [0.05, 0.1) is 40.5 Å². The number of carbonyl (C=O) groups excluding carboxylic acids is 1. The molecule has 11 rings (SSSR count). The first-order chi connectivity index (χ1) is 35.2. The number of nitro groups is 1. The van der Waals surface area contributed by atoms with Crippen LogP contribution in [0.15, 0.2) is 102 Å². The van der Waals surface area contributed by atoms with Gasteiger partial charge in [0.15, 0.2) is 0 Å². The first-order valence-electron chi connectivity index (χ1n) is 25.1. The van der Waals surface area contributed by atoms with E-state index in [9.17, 15) is 23.3 Å². The molecule has 4 aliphatic heterocycles. The number of likely N-dealkylation sites (tertiary alicyclic amines) is 2. The van der Waals surface area contributed by atoms with Crippen LogP contribution in [-0.2, 0) is 14.8 Å². The average Bonchev–Trinajstić information content (AvgIpc) is 4.22. The lowest BCUT2D eigenvalue weighted by Crippen LogP contribution is -2.55. The van der Waals surface area contributed by atoms with Crippen molar-refractivity contribution in [1.82, 2.24) is 34.5 Å². The normalized spacial score (nSPS) is 20.1. The van der Waals surface area contributed by atoms with E-state index >= 15 is 8.78 Å². The maximum Gasteiger partial charge on any atom is 1.00 e. The summed E-state index contributed by atoms with van der Waals surface area (Å²) >= 11 is 0. The van der Waals surface area contributed by atoms with Crippen LogP contribution in [0, 0.1) is 21.3 Å². The summed E-state index contributed by atoms with van der Waals surface area (Å²) < 4.78 is 74.9. The summed E-state index contributed by atoms with van der Waals surface area (Å²) in [5.74, 6) is -1.48. The number of nitrogens with one attached hydrogen (secondary N) is 4. The molecule has 1 spiro atoms. The van der Waals surface area contributed by atoms with Crippen molar-refractivity contribution in [2.24, 2.45) is 5.41 Å². The van der Waals surface area contributed by atoms with E-state index < -0.39 is 48.5 Å². The van der Waals surface area contributed by atoms with Crippen LogP contribution in [0.4, 0.5) is 25.8 Å². The predicted octanol–water partition coefficient (Wildman–Crippen LogP) is 10.2. The molecule has 5 aliphatic rings. The molecule has 1 atom stereocenters. The lowest BCUT2D eigenvalue weighted by atomic mass is 9.59. The number of aromatic amines is 2. The number of sulfonamides is 1. The van der Waals surface area contributed by atoms with Crippen molar-refractivity contribution >= 4 is 55.1 Å². The Kier molecular flexibility index (Phi) is 12.6. The number of amides is 1. The summed E-state index contributed by atoms with van der Waals surface area (Å²) in [6, 6.07) is 16.4. The first-order valence-corrected chi connectivity index (χ1v) is 26.6. The van der Waals surface area contributed by atoms with Gasteiger partial charge in [0.1, 0.15) is 51.3 Å². The van der Waals surface area contributed by atoms with E-state index in [2.05, 4.69) is 68.3 Å². The summed E-state index contributed by atoms with van der Waals surface area (Å²) in [5, 5.41) is 16.2. The zero-order valence-corrected chi connectivity index (χ0v) is 41.5. The number of alkyl halides is 1. The molecule has 0 unspecified atom stereocenters. The lowest BCUT2D eigenvalue weighted by molar-refractivity contribution is -0.384. The number of carbonyl (C=O) groups is 1. The van der Waals surface area contributed by atoms with Crippen LogP contribution in [0.2, 0.25) is 0 Å². The molecule has 0 radical (unpaired) electrons. The Labute approximate surface area is 427 Å². The fraction of sp³-hybridized carbons (Fsp3) is 0.415. The van der Waals surface area contributed by atoms with E-state index in [1.807, 2.05) is 26.7 Å². The number of hydrogen-bond acceptors (Lipinski definition) is 13. The van der Waals surface area contributed by atoms with E-state index in [4.69, 9.17) is 9.47 Å². The van der Waals surface area contributed by atoms with Gasteiger partial charge in [-0.05, 0) is 97.9 Å². The van der Waals surface area contributed by atoms with Crippen molar-refractivity contribution in [2.75, 3.05) is 56.1 Å². The maximum atomic E-state index is 16.6. The maximum absolute atomic E-state index is 16.6.